The minimum absolute atomic E-state index is 0.00310. The molecule has 0 bridgehead atoms. The van der Waals surface area contributed by atoms with Crippen LogP contribution >= 0.6 is 11.3 Å². The van der Waals surface area contributed by atoms with Gasteiger partial charge in [0.15, 0.2) is 5.82 Å². The van der Waals surface area contributed by atoms with Crippen molar-refractivity contribution in [3.8, 4) is 29.1 Å². The van der Waals surface area contributed by atoms with Crippen LogP contribution in [0.5, 0.6) is 11.9 Å². The Kier molecular flexibility index (Phi) is 6.66. The molecule has 1 saturated carbocycles. The molecule has 1 aliphatic carbocycles. The summed E-state index contributed by atoms with van der Waals surface area (Å²) in [6.45, 7) is 3.15. The third-order valence-electron chi connectivity index (χ3n) is 9.08. The first-order valence-corrected chi connectivity index (χ1v) is 15.2. The second-order valence-corrected chi connectivity index (χ2v) is 12.8. The average molecular weight is 594 g/mol. The third-order valence-corrected chi connectivity index (χ3v) is 10.1. The van der Waals surface area contributed by atoms with Gasteiger partial charge in [0.2, 0.25) is 5.88 Å². The van der Waals surface area contributed by atoms with E-state index in [1.54, 1.807) is 13.0 Å². The molecule has 4 heterocycles. The van der Waals surface area contributed by atoms with Crippen LogP contribution in [0.25, 0.3) is 32.1 Å². The molecule has 0 unspecified atom stereocenters. The molecule has 2 aromatic carbocycles. The number of anilines is 1. The van der Waals surface area contributed by atoms with Crippen LogP contribution in [-0.4, -0.2) is 52.4 Å². The van der Waals surface area contributed by atoms with Gasteiger partial charge in [-0.1, -0.05) is 6.07 Å². The molecule has 2 aromatic heterocycles. The lowest BCUT2D eigenvalue weighted by atomic mass is 9.93. The Morgan fingerprint density at radius 3 is 2.81 bits per heavy atom. The van der Waals surface area contributed by atoms with E-state index in [-0.39, 0.29) is 56.3 Å². The minimum Gasteiger partial charge on any atom is -0.474 e. The van der Waals surface area contributed by atoms with Gasteiger partial charge in [-0.2, -0.15) is 15.2 Å². The summed E-state index contributed by atoms with van der Waals surface area (Å²) in [5, 5.41) is 10.6. The average Bonchev–Trinajstić information content (AvgIpc) is 3.73. The van der Waals surface area contributed by atoms with E-state index in [1.165, 1.54) is 12.1 Å². The number of nitrogen functional groups attached to an aromatic ring is 1. The fraction of sp³-hybridized carbons (Fsp3) is 0.452. The van der Waals surface area contributed by atoms with Gasteiger partial charge in [0.25, 0.3) is 0 Å². The number of rotatable bonds is 6. The lowest BCUT2D eigenvalue weighted by molar-refractivity contribution is 0.106. The lowest BCUT2D eigenvalue weighted by Gasteiger charge is -2.30. The van der Waals surface area contributed by atoms with Gasteiger partial charge in [0.05, 0.1) is 21.2 Å². The zero-order valence-electron chi connectivity index (χ0n) is 23.2. The fourth-order valence-electron chi connectivity index (χ4n) is 7.11. The number of benzene rings is 2. The van der Waals surface area contributed by atoms with Gasteiger partial charge in [0.1, 0.15) is 41.3 Å². The first kappa shape index (κ1) is 27.2. The van der Waals surface area contributed by atoms with Crippen molar-refractivity contribution >= 4 is 37.3 Å². The summed E-state index contributed by atoms with van der Waals surface area (Å²) in [6, 6.07) is 6.51. The van der Waals surface area contributed by atoms with Crippen LogP contribution in [0, 0.1) is 29.9 Å². The van der Waals surface area contributed by atoms with Crippen molar-refractivity contribution < 1.29 is 22.6 Å². The highest BCUT2D eigenvalue weighted by Gasteiger charge is 2.49. The highest BCUT2D eigenvalue weighted by molar-refractivity contribution is 7.23. The zero-order chi connectivity index (χ0) is 29.2. The molecule has 0 spiro atoms. The summed E-state index contributed by atoms with van der Waals surface area (Å²) in [4.78, 5) is 11.2. The van der Waals surface area contributed by atoms with Gasteiger partial charge < -0.3 is 15.2 Å². The number of aryl methyl sites for hydroxylation is 1. The Labute approximate surface area is 245 Å². The fourth-order valence-corrected chi connectivity index (χ4v) is 8.06. The molecule has 7 rings (SSSR count). The van der Waals surface area contributed by atoms with Gasteiger partial charge in [-0.3, -0.25) is 4.90 Å². The van der Waals surface area contributed by atoms with Crippen molar-refractivity contribution in [2.75, 3.05) is 25.4 Å². The summed E-state index contributed by atoms with van der Waals surface area (Å²) >= 11 is 0.964. The standard InChI is InChI=1S/C31H30F3N5O2S/c1-16-11-20-26(25(34)23(16)19-7-8-22(33)27-24(19)21(13-35)28(36)42-27)37-30(38-29(20)41-18-5-2-3-6-18)40-15-31-9-4-10-39(31)14-17(32)12-31/h7-8,11,17-18H,2-6,9-10,12,14-15,36H2,1H3/t17-,31+/m1/s1. The van der Waals surface area contributed by atoms with Crippen molar-refractivity contribution in [2.24, 2.45) is 0 Å². The number of nitrogens with two attached hydrogens (primary N) is 1. The van der Waals surface area contributed by atoms with Gasteiger partial charge >= 0.3 is 6.01 Å². The van der Waals surface area contributed by atoms with E-state index in [4.69, 9.17) is 15.2 Å². The Morgan fingerprint density at radius 2 is 2.02 bits per heavy atom. The first-order chi connectivity index (χ1) is 20.3. The molecular formula is C31H30F3N5O2S. The number of nitriles is 1. The second kappa shape index (κ2) is 10.3. The number of ether oxygens (including phenoxy) is 2. The highest BCUT2D eigenvalue weighted by atomic mass is 32.1. The Morgan fingerprint density at radius 1 is 1.21 bits per heavy atom. The zero-order valence-corrected chi connectivity index (χ0v) is 24.0. The Hall–Kier alpha value is -3.62. The topological polar surface area (TPSA) is 97.3 Å². The Bertz CT molecular complexity index is 1770. The predicted molar refractivity (Wildman–Crippen MR) is 156 cm³/mol. The number of halogens is 3. The first-order valence-electron chi connectivity index (χ1n) is 14.4. The van der Waals surface area contributed by atoms with Gasteiger partial charge in [0, 0.05) is 23.9 Å². The number of aromatic nitrogens is 2. The molecule has 2 atom stereocenters. The van der Waals surface area contributed by atoms with E-state index in [1.807, 2.05) is 0 Å². The van der Waals surface area contributed by atoms with E-state index >= 15 is 4.39 Å². The van der Waals surface area contributed by atoms with Crippen molar-refractivity contribution in [3.63, 3.8) is 0 Å². The molecule has 2 N–H and O–H groups in total. The summed E-state index contributed by atoms with van der Waals surface area (Å²) in [6.07, 6.45) is 5.05. The molecule has 3 fully saturated rings. The molecule has 11 heteroatoms. The predicted octanol–water partition coefficient (Wildman–Crippen LogP) is 6.83. The molecule has 0 amide bonds. The van der Waals surface area contributed by atoms with Crippen LogP contribution in [0.3, 0.4) is 0 Å². The van der Waals surface area contributed by atoms with Crippen molar-refractivity contribution in [1.29, 1.82) is 5.26 Å². The maximum Gasteiger partial charge on any atom is 0.320 e. The Balaban J connectivity index is 1.37. The second-order valence-electron chi connectivity index (χ2n) is 11.7. The molecule has 7 nitrogen and oxygen atoms in total. The van der Waals surface area contributed by atoms with E-state index < -0.39 is 23.3 Å². The third kappa shape index (κ3) is 4.34. The van der Waals surface area contributed by atoms with Crippen molar-refractivity contribution in [3.05, 3.63) is 41.0 Å². The molecule has 42 heavy (non-hydrogen) atoms. The SMILES string of the molecule is Cc1cc2c(OC3CCCC3)nc(OC[C@@]34CCCN3C[C@H](F)C4)nc2c(F)c1-c1ccc(F)c2sc(N)c(C#N)c12. The molecule has 4 aromatic rings. The molecule has 3 aliphatic rings. The van der Waals surface area contributed by atoms with E-state index in [0.29, 0.717) is 29.5 Å². The van der Waals surface area contributed by atoms with E-state index in [9.17, 15) is 14.0 Å². The summed E-state index contributed by atoms with van der Waals surface area (Å²) in [5.74, 6) is -0.938. The molecular weight excluding hydrogens is 563 g/mol. The number of fused-ring (bicyclic) bond motifs is 3. The van der Waals surface area contributed by atoms with Gasteiger partial charge in [-0.25, -0.2) is 13.2 Å². The lowest BCUT2D eigenvalue weighted by Crippen LogP contribution is -2.43. The number of hydrogen-bond acceptors (Lipinski definition) is 8. The number of thiophene rings is 1. The molecule has 0 radical (unpaired) electrons. The number of hydrogen-bond donors (Lipinski definition) is 1. The smallest absolute Gasteiger partial charge is 0.320 e. The summed E-state index contributed by atoms with van der Waals surface area (Å²) < 4.78 is 58.5. The van der Waals surface area contributed by atoms with Gasteiger partial charge in [-0.05, 0) is 75.3 Å². The normalized spacial score (nSPS) is 22.7. The van der Waals surface area contributed by atoms with Crippen LogP contribution in [0.4, 0.5) is 18.2 Å². The van der Waals surface area contributed by atoms with Crippen LogP contribution in [0.15, 0.2) is 18.2 Å². The van der Waals surface area contributed by atoms with Crippen LogP contribution in [0.2, 0.25) is 0 Å². The summed E-state index contributed by atoms with van der Waals surface area (Å²) in [7, 11) is 0. The van der Waals surface area contributed by atoms with E-state index in [0.717, 1.165) is 56.4 Å². The quantitative estimate of drug-likeness (QED) is 0.262. The number of alkyl halides is 1. The minimum atomic E-state index is -0.910. The monoisotopic (exact) mass is 593 g/mol. The maximum atomic E-state index is 16.7. The summed E-state index contributed by atoms with van der Waals surface area (Å²) in [5.41, 5.74) is 6.84. The van der Waals surface area contributed by atoms with Crippen LogP contribution in [0.1, 0.15) is 56.1 Å². The van der Waals surface area contributed by atoms with Gasteiger partial charge in [-0.15, -0.1) is 11.3 Å². The van der Waals surface area contributed by atoms with Crippen LogP contribution < -0.4 is 15.2 Å². The largest absolute Gasteiger partial charge is 0.474 e. The molecule has 218 valence electrons. The van der Waals surface area contributed by atoms with Crippen LogP contribution in [-0.2, 0) is 0 Å². The number of nitrogens with zero attached hydrogens (tertiary/aromatic N) is 4. The van der Waals surface area contributed by atoms with E-state index in [2.05, 4.69) is 20.9 Å². The van der Waals surface area contributed by atoms with Crippen molar-refractivity contribution in [1.82, 2.24) is 14.9 Å². The molecule has 2 aliphatic heterocycles. The highest BCUT2D eigenvalue weighted by Crippen LogP contribution is 2.45. The van der Waals surface area contributed by atoms with Crippen molar-refractivity contribution in [2.45, 2.75) is 69.7 Å². The maximum absolute atomic E-state index is 16.7. The molecule has 2 saturated heterocycles.